The van der Waals surface area contributed by atoms with Crippen molar-refractivity contribution in [3.63, 3.8) is 0 Å². The molecule has 3 aliphatic rings. The molecule has 2 aromatic carbocycles. The molecule has 18 heteroatoms. The van der Waals surface area contributed by atoms with Crippen molar-refractivity contribution in [2.24, 2.45) is 0 Å². The van der Waals surface area contributed by atoms with E-state index in [1.165, 1.54) is 37.3 Å². The second-order valence-electron chi connectivity index (χ2n) is 17.0. The number of aromatic nitrogens is 2. The average molecular weight is 883 g/mol. The van der Waals surface area contributed by atoms with Crippen LogP contribution in [0.3, 0.4) is 0 Å². The summed E-state index contributed by atoms with van der Waals surface area (Å²) in [4.78, 5) is 38.5. The van der Waals surface area contributed by atoms with Crippen molar-refractivity contribution < 1.29 is 50.9 Å². The van der Waals surface area contributed by atoms with E-state index in [9.17, 15) is 18.5 Å². The maximum atomic E-state index is 15.4. The number of hydrogen-bond acceptors (Lipinski definition) is 13. The second-order valence-corrected chi connectivity index (χ2v) is 18.7. The minimum atomic E-state index is -4.29. The van der Waals surface area contributed by atoms with Gasteiger partial charge >= 0.3 is 19.7 Å². The lowest BCUT2D eigenvalue weighted by Gasteiger charge is -2.39. The van der Waals surface area contributed by atoms with Crippen LogP contribution in [0, 0.1) is 18.2 Å². The van der Waals surface area contributed by atoms with Gasteiger partial charge in [-0.3, -0.25) is 19.0 Å². The van der Waals surface area contributed by atoms with Crippen molar-refractivity contribution in [3.8, 4) is 35.7 Å². The van der Waals surface area contributed by atoms with Crippen LogP contribution in [0.15, 0.2) is 36.9 Å². The van der Waals surface area contributed by atoms with Crippen LogP contribution in [0.4, 0.5) is 14.6 Å². The Morgan fingerprint density at radius 3 is 2.53 bits per heavy atom. The summed E-state index contributed by atoms with van der Waals surface area (Å²) in [7, 11) is -0.712. The van der Waals surface area contributed by atoms with E-state index in [1.807, 2.05) is 18.9 Å². The Morgan fingerprint density at radius 1 is 1.18 bits per heavy atom. The largest absolute Gasteiger partial charge is 0.481 e. The van der Waals surface area contributed by atoms with Crippen LogP contribution in [0.5, 0.6) is 23.4 Å². The Bertz CT molecular complexity index is 2270. The first-order valence-electron chi connectivity index (χ1n) is 20.8. The third-order valence-electron chi connectivity index (χ3n) is 11.5. The molecular formula is C44H57F2N6O9P. The van der Waals surface area contributed by atoms with Gasteiger partial charge in [0.1, 0.15) is 37.0 Å². The lowest BCUT2D eigenvalue weighted by molar-refractivity contribution is -0.149. The van der Waals surface area contributed by atoms with Gasteiger partial charge < -0.3 is 33.7 Å². The number of carbonyl (C=O) groups excluding carboxylic acids is 2. The Morgan fingerprint density at radius 2 is 1.90 bits per heavy atom. The van der Waals surface area contributed by atoms with Crippen molar-refractivity contribution in [2.45, 2.75) is 115 Å². The van der Waals surface area contributed by atoms with E-state index in [-0.39, 0.29) is 66.9 Å². The molecular weight excluding hydrogens is 825 g/mol. The van der Waals surface area contributed by atoms with Crippen LogP contribution < -0.4 is 29.1 Å². The Hall–Kier alpha value is -5.01. The van der Waals surface area contributed by atoms with Gasteiger partial charge in [0, 0.05) is 37.5 Å². The van der Waals surface area contributed by atoms with Gasteiger partial charge in [0.2, 0.25) is 11.7 Å². The van der Waals surface area contributed by atoms with E-state index >= 15 is 4.39 Å². The molecule has 62 heavy (non-hydrogen) atoms. The van der Waals surface area contributed by atoms with E-state index < -0.39 is 61.1 Å². The van der Waals surface area contributed by atoms with Crippen molar-refractivity contribution in [3.05, 3.63) is 53.9 Å². The van der Waals surface area contributed by atoms with E-state index in [0.717, 1.165) is 25.7 Å². The van der Waals surface area contributed by atoms with E-state index in [2.05, 4.69) is 32.9 Å². The summed E-state index contributed by atoms with van der Waals surface area (Å²) < 4.78 is 80.6. The summed E-state index contributed by atoms with van der Waals surface area (Å²) in [5.74, 6) is 1.31. The summed E-state index contributed by atoms with van der Waals surface area (Å²) in [5.41, 5.74) is -0.952. The number of anilines is 1. The maximum Gasteiger partial charge on any atom is 0.459 e. The third-order valence-corrected chi connectivity index (χ3v) is 13.4. The second kappa shape index (κ2) is 18.8. The fourth-order valence-corrected chi connectivity index (χ4v) is 9.86. The molecule has 2 aliphatic heterocycles. The first-order valence-corrected chi connectivity index (χ1v) is 22.4. The number of ether oxygens (including phenoxy) is 4. The normalized spacial score (nSPS) is 22.2. The fraction of sp³-hybridized carbons (Fsp3) is 0.545. The van der Waals surface area contributed by atoms with E-state index in [0.29, 0.717) is 22.9 Å². The number of esters is 1. The lowest BCUT2D eigenvalue weighted by Crippen LogP contribution is -2.51. The number of benzene rings is 2. The molecule has 1 saturated carbocycles. The number of fused-ring (bicyclic) bond motifs is 2. The molecule has 3 heterocycles. The Kier molecular flexibility index (Phi) is 14.1. The monoisotopic (exact) mass is 882 g/mol. The van der Waals surface area contributed by atoms with Crippen LogP contribution >= 0.6 is 7.75 Å². The number of nitrogens with one attached hydrogen (secondary N) is 2. The predicted molar refractivity (Wildman–Crippen MR) is 230 cm³/mol. The lowest BCUT2D eigenvalue weighted by atomic mass is 9.95. The predicted octanol–water partition coefficient (Wildman–Crippen LogP) is 7.28. The van der Waals surface area contributed by atoms with Gasteiger partial charge in [-0.05, 0) is 91.1 Å². The number of hydrogen-bond donors (Lipinski definition) is 2. The first-order chi connectivity index (χ1) is 29.3. The maximum absolute atomic E-state index is 15.4. The summed E-state index contributed by atoms with van der Waals surface area (Å²) in [6.45, 7) is 14.2. The quantitative estimate of drug-likeness (QED) is 0.0602. The topological polar surface area (TPSA) is 163 Å². The van der Waals surface area contributed by atoms with E-state index in [4.69, 9.17) is 34.4 Å². The summed E-state index contributed by atoms with van der Waals surface area (Å²) in [6, 6.07) is 4.56. The number of carbonyl (C=O) groups is 2. The number of likely N-dealkylation sites (tertiary alicyclic amines) is 1. The first kappa shape index (κ1) is 46.5. The minimum absolute atomic E-state index is 0.0200. The van der Waals surface area contributed by atoms with Gasteiger partial charge in [-0.2, -0.15) is 15.1 Å². The van der Waals surface area contributed by atoms with Crippen molar-refractivity contribution in [2.75, 3.05) is 45.7 Å². The molecule has 1 aromatic heterocycles. The molecule has 0 bridgehead atoms. The number of terminal acetylenes is 1. The third kappa shape index (κ3) is 10.1. The zero-order chi connectivity index (χ0) is 45.1. The highest BCUT2D eigenvalue weighted by molar-refractivity contribution is 7.52. The number of amides is 1. The molecule has 0 radical (unpaired) electrons. The van der Waals surface area contributed by atoms with E-state index in [1.54, 1.807) is 39.6 Å². The van der Waals surface area contributed by atoms with Gasteiger partial charge in [0.05, 0.1) is 28.8 Å². The van der Waals surface area contributed by atoms with Crippen LogP contribution in [0.1, 0.15) is 90.9 Å². The number of likely N-dealkylation sites (N-methyl/N-ethyl adjacent to an activating group) is 2. The molecule has 2 fully saturated rings. The smallest absolute Gasteiger partial charge is 0.459 e. The molecule has 1 amide bonds. The molecule has 2 N–H and O–H groups in total. The fourth-order valence-electron chi connectivity index (χ4n) is 8.18. The molecule has 1 saturated heterocycles. The van der Waals surface area contributed by atoms with Crippen molar-refractivity contribution in [1.82, 2.24) is 24.9 Å². The molecule has 2 unspecified atom stereocenters. The highest BCUT2D eigenvalue weighted by Crippen LogP contribution is 2.49. The zero-order valence-corrected chi connectivity index (χ0v) is 37.5. The Labute approximate surface area is 361 Å². The van der Waals surface area contributed by atoms with Crippen molar-refractivity contribution >= 4 is 36.2 Å². The standard InChI is InChI=1S/C44H57F2N6O9P/c1-11-32-34(46)16-15-29-19-31(61-62(55,60-27(5)6)50-28(7)41(54)58-26(3)4)20-33(37(29)32)35-23-56-38-39(47-24-44(17-13-14-18-44)52(10)36(53)12-2)48-42(49-40(38)59-35)57-25-43(8)21-30(45)22-51(43)9/h1,12,15-16,19-20,26-28,30,35H,2,13-14,17-18,21-25H2,3-10H3,(H,50,55)(H,47,48,49)/t28-,30+,35?,43-,62?/m0/s1. The van der Waals surface area contributed by atoms with Crippen LogP contribution in [-0.4, -0.2) is 108 Å². The van der Waals surface area contributed by atoms with Crippen LogP contribution in [-0.2, 0) is 23.4 Å². The molecule has 3 aromatic rings. The molecule has 15 nitrogen and oxygen atoms in total. The molecule has 5 atom stereocenters. The zero-order valence-electron chi connectivity index (χ0n) is 36.6. The van der Waals surface area contributed by atoms with Gasteiger partial charge in [-0.25, -0.2) is 13.3 Å². The SMILES string of the molecule is C#Cc1c(F)ccc2cc(OP(=O)(N[C@@H](C)C(=O)OC(C)C)OC(C)C)cc(C3COc4c(NCC5(N(C)C(=O)C=C)CCCC5)nc(OC[C@]5(C)C[C@@H](F)CN5C)nc4O3)c12. The summed E-state index contributed by atoms with van der Waals surface area (Å²) in [6.07, 6.45) is 7.69. The highest BCUT2D eigenvalue weighted by atomic mass is 31.2. The highest BCUT2D eigenvalue weighted by Gasteiger charge is 2.43. The number of alkyl halides is 1. The van der Waals surface area contributed by atoms with Crippen molar-refractivity contribution in [1.29, 1.82) is 0 Å². The minimum Gasteiger partial charge on any atom is -0.481 e. The molecule has 0 spiro atoms. The number of rotatable bonds is 17. The van der Waals surface area contributed by atoms with Crippen LogP contribution in [0.25, 0.3) is 10.8 Å². The Balaban J connectivity index is 1.39. The van der Waals surface area contributed by atoms with Crippen LogP contribution in [0.2, 0.25) is 0 Å². The number of halogens is 2. The molecule has 1 aliphatic carbocycles. The average Bonchev–Trinajstić information content (AvgIpc) is 3.80. The molecule has 6 rings (SSSR count). The summed E-state index contributed by atoms with van der Waals surface area (Å²) in [5, 5.41) is 6.78. The van der Waals surface area contributed by atoms with Gasteiger partial charge in [0.15, 0.2) is 11.9 Å². The van der Waals surface area contributed by atoms with Gasteiger partial charge in [-0.1, -0.05) is 31.4 Å². The van der Waals surface area contributed by atoms with Gasteiger partial charge in [0.25, 0.3) is 5.88 Å². The number of nitrogens with zero attached hydrogens (tertiary/aromatic N) is 4. The summed E-state index contributed by atoms with van der Waals surface area (Å²) >= 11 is 0. The van der Waals surface area contributed by atoms with Gasteiger partial charge in [-0.15, -0.1) is 6.42 Å². The molecule has 336 valence electrons.